The van der Waals surface area contributed by atoms with E-state index >= 15 is 0 Å². The minimum Gasteiger partial charge on any atom is -0.399 e. The number of H-pyrrole nitrogens is 2. The van der Waals surface area contributed by atoms with Gasteiger partial charge in [-0.25, -0.2) is 0 Å². The normalized spacial score (nSPS) is 23.4. The molecule has 52 heavy (non-hydrogen) atoms. The number of hydrogen-bond donors (Lipinski definition) is 6. The molecule has 256 valence electrons. The molecule has 0 fully saturated rings. The van der Waals surface area contributed by atoms with Crippen LogP contribution in [0.3, 0.4) is 0 Å². The topological polar surface area (TPSA) is 160 Å². The molecular formula is C44H40N8. The maximum absolute atomic E-state index is 6.17. The second kappa shape index (κ2) is 12.7. The molecule has 8 heteroatoms. The van der Waals surface area contributed by atoms with Gasteiger partial charge in [0, 0.05) is 56.9 Å². The number of aromatic nitrogens is 2. The van der Waals surface area contributed by atoms with Gasteiger partial charge in [0.05, 0.1) is 35.8 Å². The Labute approximate surface area is 302 Å². The average molecular weight is 681 g/mol. The van der Waals surface area contributed by atoms with Crippen LogP contribution in [0.25, 0.3) is 0 Å². The quantitative estimate of drug-likeness (QED) is 0.106. The molecule has 0 saturated heterocycles. The fourth-order valence-electron chi connectivity index (χ4n) is 8.11. The van der Waals surface area contributed by atoms with Gasteiger partial charge in [-0.2, -0.15) is 0 Å². The average Bonchev–Trinajstić information content (AvgIpc) is 3.99. The van der Waals surface area contributed by atoms with Crippen molar-refractivity contribution >= 4 is 34.2 Å². The maximum Gasteiger partial charge on any atom is 0.0810 e. The number of anilines is 4. The smallest absolute Gasteiger partial charge is 0.0810 e. The Balaban J connectivity index is 1.26. The summed E-state index contributed by atoms with van der Waals surface area (Å²) in [6.07, 6.45) is 8.82. The van der Waals surface area contributed by atoms with Crippen molar-refractivity contribution in [3.05, 3.63) is 191 Å². The fourth-order valence-corrected chi connectivity index (χ4v) is 8.11. The van der Waals surface area contributed by atoms with E-state index in [1.165, 1.54) is 0 Å². The van der Waals surface area contributed by atoms with Crippen LogP contribution in [-0.2, 0) is 0 Å². The molecule has 0 spiro atoms. The number of nitrogens with one attached hydrogen (secondary N) is 2. The van der Waals surface area contributed by atoms with Crippen molar-refractivity contribution in [3.8, 4) is 0 Å². The lowest BCUT2D eigenvalue weighted by Crippen LogP contribution is -2.20. The number of nitrogens with two attached hydrogens (primary N) is 4. The Hall–Kier alpha value is -6.54. The molecule has 4 aromatic carbocycles. The molecule has 3 aliphatic heterocycles. The first-order valence-electron chi connectivity index (χ1n) is 17.7. The van der Waals surface area contributed by atoms with Crippen molar-refractivity contribution in [1.29, 1.82) is 0 Å². The van der Waals surface area contributed by atoms with E-state index in [1.54, 1.807) is 0 Å². The van der Waals surface area contributed by atoms with Gasteiger partial charge in [-0.15, -0.1) is 0 Å². The molecule has 6 atom stereocenters. The summed E-state index contributed by atoms with van der Waals surface area (Å²) in [5, 5.41) is 0. The molecule has 10 N–H and O–H groups in total. The maximum atomic E-state index is 6.17. The molecule has 5 heterocycles. The summed E-state index contributed by atoms with van der Waals surface area (Å²) >= 11 is 0. The van der Waals surface area contributed by atoms with E-state index in [0.29, 0.717) is 0 Å². The van der Waals surface area contributed by atoms with Gasteiger partial charge in [-0.05, 0) is 107 Å². The van der Waals surface area contributed by atoms with Crippen LogP contribution in [-0.4, -0.2) is 33.5 Å². The van der Waals surface area contributed by atoms with Crippen LogP contribution < -0.4 is 22.9 Å². The van der Waals surface area contributed by atoms with E-state index < -0.39 is 0 Å². The van der Waals surface area contributed by atoms with Gasteiger partial charge < -0.3 is 32.9 Å². The van der Waals surface area contributed by atoms with Gasteiger partial charge in [-0.1, -0.05) is 60.7 Å². The highest BCUT2D eigenvalue weighted by Gasteiger charge is 2.35. The molecule has 6 aromatic rings. The molecule has 0 aliphatic carbocycles. The van der Waals surface area contributed by atoms with Crippen LogP contribution in [0.15, 0.2) is 156 Å². The molecule has 0 saturated carbocycles. The van der Waals surface area contributed by atoms with Crippen molar-refractivity contribution in [2.75, 3.05) is 22.9 Å². The van der Waals surface area contributed by atoms with Gasteiger partial charge in [0.25, 0.3) is 0 Å². The highest BCUT2D eigenvalue weighted by atomic mass is 14.9. The van der Waals surface area contributed by atoms with Gasteiger partial charge in [0.1, 0.15) is 0 Å². The third-order valence-corrected chi connectivity index (χ3v) is 10.7. The standard InChI is InChI=1S/C44H40N8/c45-29-9-1-25(2-10-29)41-33-17-19-35(49-33)42(26-3-11-30(46)12-4-26)37-21-23-39(51-37)44(28-7-15-32(48)16-8-28)40-24-22-38(52-40)43(36-20-18-34(41)50-36)27-5-13-31(47)14-6-27/h1-24,33,38,41-44,50-51H,45-48H2. The van der Waals surface area contributed by atoms with Gasteiger partial charge in [-0.3, -0.25) is 9.98 Å². The monoisotopic (exact) mass is 680 g/mol. The number of benzene rings is 4. The van der Waals surface area contributed by atoms with Gasteiger partial charge in [0.2, 0.25) is 0 Å². The Morgan fingerprint density at radius 3 is 1.04 bits per heavy atom. The lowest BCUT2D eigenvalue weighted by molar-refractivity contribution is 0.667. The number of aromatic amines is 2. The highest BCUT2D eigenvalue weighted by molar-refractivity contribution is 6.05. The van der Waals surface area contributed by atoms with Crippen molar-refractivity contribution in [3.63, 3.8) is 0 Å². The molecule has 6 unspecified atom stereocenters. The Morgan fingerprint density at radius 2 is 0.673 bits per heavy atom. The number of aliphatic imine (C=N–C) groups is 2. The van der Waals surface area contributed by atoms with Crippen LogP contribution in [0.4, 0.5) is 22.7 Å². The largest absolute Gasteiger partial charge is 0.399 e. The third-order valence-electron chi connectivity index (χ3n) is 10.7. The summed E-state index contributed by atoms with van der Waals surface area (Å²) in [4.78, 5) is 18.7. The zero-order chi connectivity index (χ0) is 35.3. The lowest BCUT2D eigenvalue weighted by Gasteiger charge is -2.24. The second-order valence-corrected chi connectivity index (χ2v) is 14.0. The van der Waals surface area contributed by atoms with Crippen LogP contribution in [0.1, 0.15) is 68.7 Å². The SMILES string of the molecule is Nc1ccc(C2C3=NC(C=C3)C(c3ccc(N)cc3)c3ccc([nH]3)C(c3ccc(N)cc3)C3C=CC(=N3)C(c3ccc(N)cc3)c3ccc2[nH]3)cc1. The van der Waals surface area contributed by atoms with Crippen LogP contribution >= 0.6 is 0 Å². The number of hydrogen-bond acceptors (Lipinski definition) is 6. The number of allylic oxidation sites excluding steroid dienone is 2. The Morgan fingerprint density at radius 1 is 0.365 bits per heavy atom. The second-order valence-electron chi connectivity index (χ2n) is 14.0. The minimum atomic E-state index is -0.155. The first-order valence-corrected chi connectivity index (χ1v) is 17.7. The number of nitrogens with zero attached hydrogens (tertiary/aromatic N) is 2. The predicted octanol–water partition coefficient (Wildman–Crippen LogP) is 7.67. The van der Waals surface area contributed by atoms with Crippen LogP contribution in [0, 0.1) is 0 Å². The number of nitrogen functional groups attached to an aromatic ring is 4. The van der Waals surface area contributed by atoms with Crippen molar-refractivity contribution in [2.24, 2.45) is 9.98 Å². The van der Waals surface area contributed by atoms with E-state index in [2.05, 4.69) is 107 Å². The molecule has 3 aliphatic rings. The van der Waals surface area contributed by atoms with Gasteiger partial charge in [0.15, 0.2) is 0 Å². The molecule has 8 bridgehead atoms. The van der Waals surface area contributed by atoms with Crippen molar-refractivity contribution in [1.82, 2.24) is 9.97 Å². The van der Waals surface area contributed by atoms with Crippen molar-refractivity contribution < 1.29 is 0 Å². The molecule has 0 amide bonds. The van der Waals surface area contributed by atoms with Crippen molar-refractivity contribution in [2.45, 2.75) is 35.8 Å². The number of fused-ring (bicyclic) bond motifs is 6. The first-order chi connectivity index (χ1) is 25.4. The first kappa shape index (κ1) is 31.4. The fraction of sp³-hybridized carbons (Fsp3) is 0.136. The summed E-state index contributed by atoms with van der Waals surface area (Å²) in [7, 11) is 0. The van der Waals surface area contributed by atoms with Crippen LogP contribution in [0.5, 0.6) is 0 Å². The lowest BCUT2D eigenvalue weighted by atomic mass is 9.89. The zero-order valence-corrected chi connectivity index (χ0v) is 28.5. The summed E-state index contributed by atoms with van der Waals surface area (Å²) in [6, 6.07) is 41.0. The van der Waals surface area contributed by atoms with E-state index in [-0.39, 0.29) is 35.8 Å². The zero-order valence-electron chi connectivity index (χ0n) is 28.5. The van der Waals surface area contributed by atoms with E-state index in [9.17, 15) is 0 Å². The van der Waals surface area contributed by atoms with E-state index in [1.807, 2.05) is 48.5 Å². The summed E-state index contributed by atoms with van der Waals surface area (Å²) in [5.74, 6) is -0.457. The third kappa shape index (κ3) is 5.68. The summed E-state index contributed by atoms with van der Waals surface area (Å²) < 4.78 is 0. The molecular weight excluding hydrogens is 641 g/mol. The highest BCUT2D eigenvalue weighted by Crippen LogP contribution is 2.41. The molecule has 8 nitrogen and oxygen atoms in total. The number of rotatable bonds is 4. The minimum absolute atomic E-state index is 0.0811. The summed E-state index contributed by atoms with van der Waals surface area (Å²) in [6.45, 7) is 0. The molecule has 0 radical (unpaired) electrons. The van der Waals surface area contributed by atoms with E-state index in [0.717, 1.165) is 79.2 Å². The predicted molar refractivity (Wildman–Crippen MR) is 213 cm³/mol. The Bertz CT molecular complexity index is 2190. The molecule has 2 aromatic heterocycles. The van der Waals surface area contributed by atoms with Gasteiger partial charge >= 0.3 is 0 Å². The Kier molecular flexibility index (Phi) is 7.65. The van der Waals surface area contributed by atoms with E-state index in [4.69, 9.17) is 32.9 Å². The molecule has 9 rings (SSSR count). The van der Waals surface area contributed by atoms with Crippen LogP contribution in [0.2, 0.25) is 0 Å². The summed E-state index contributed by atoms with van der Waals surface area (Å²) in [5.41, 5.74) is 38.2.